The topological polar surface area (TPSA) is 34.9 Å². The maximum absolute atomic E-state index is 10.7. The fourth-order valence-electron chi connectivity index (χ4n) is 2.22. The third kappa shape index (κ3) is 1.39. The van der Waals surface area contributed by atoms with Gasteiger partial charge in [-0.05, 0) is 18.8 Å². The highest BCUT2D eigenvalue weighted by Gasteiger charge is 2.25. The van der Waals surface area contributed by atoms with Gasteiger partial charge >= 0.3 is 0 Å². The summed E-state index contributed by atoms with van der Waals surface area (Å²) in [4.78, 5) is 14.7. The van der Waals surface area contributed by atoms with Crippen molar-refractivity contribution in [2.45, 2.75) is 32.2 Å². The molecule has 2 unspecified atom stereocenters. The Kier molecular flexibility index (Phi) is 2.17. The second-order valence-corrected chi connectivity index (χ2v) is 3.82. The van der Waals surface area contributed by atoms with E-state index in [4.69, 9.17) is 0 Å². The van der Waals surface area contributed by atoms with Crippen LogP contribution < -0.4 is 0 Å². The molecule has 1 aromatic rings. The van der Waals surface area contributed by atoms with Gasteiger partial charge in [-0.2, -0.15) is 0 Å². The molecule has 0 bridgehead atoms. The van der Waals surface area contributed by atoms with E-state index in [-0.39, 0.29) is 0 Å². The predicted octanol–water partition coefficient (Wildman–Crippen LogP) is 2.06. The molecule has 3 nitrogen and oxygen atoms in total. The summed E-state index contributed by atoms with van der Waals surface area (Å²) in [6, 6.07) is 0.489. The van der Waals surface area contributed by atoms with Crippen molar-refractivity contribution in [2.24, 2.45) is 5.92 Å². The van der Waals surface area contributed by atoms with Crippen molar-refractivity contribution in [1.29, 1.82) is 0 Å². The highest BCUT2D eigenvalue weighted by Crippen LogP contribution is 2.35. The quantitative estimate of drug-likeness (QED) is 0.650. The summed E-state index contributed by atoms with van der Waals surface area (Å²) in [6.45, 7) is 2.24. The molecule has 1 saturated carbocycles. The van der Waals surface area contributed by atoms with E-state index < -0.39 is 0 Å². The molecule has 2 atom stereocenters. The summed E-state index contributed by atoms with van der Waals surface area (Å²) in [5, 5.41) is 0. The van der Waals surface area contributed by atoms with Crippen molar-refractivity contribution >= 4 is 6.29 Å². The van der Waals surface area contributed by atoms with Gasteiger partial charge in [0.15, 0.2) is 6.29 Å². The molecule has 0 spiro atoms. The van der Waals surface area contributed by atoms with Gasteiger partial charge in [0.25, 0.3) is 0 Å². The maximum atomic E-state index is 10.7. The Morgan fingerprint density at radius 3 is 3.08 bits per heavy atom. The lowest BCUT2D eigenvalue weighted by atomic mass is 10.1. The number of hydrogen-bond acceptors (Lipinski definition) is 2. The Morgan fingerprint density at radius 1 is 1.62 bits per heavy atom. The maximum Gasteiger partial charge on any atom is 0.168 e. The van der Waals surface area contributed by atoms with Crippen molar-refractivity contribution in [1.82, 2.24) is 9.55 Å². The summed E-state index contributed by atoms with van der Waals surface area (Å²) in [5.74, 6) is 0.674. The SMILES string of the molecule is CC1CCCC1n1cncc1C=O. The fourth-order valence-corrected chi connectivity index (χ4v) is 2.22. The first-order valence-electron chi connectivity index (χ1n) is 4.80. The van der Waals surface area contributed by atoms with Crippen LogP contribution >= 0.6 is 0 Å². The normalized spacial score (nSPS) is 27.8. The second-order valence-electron chi connectivity index (χ2n) is 3.82. The number of imidazole rings is 1. The Labute approximate surface area is 77.8 Å². The number of hydrogen-bond donors (Lipinski definition) is 0. The van der Waals surface area contributed by atoms with Crippen LogP contribution in [-0.2, 0) is 0 Å². The minimum absolute atomic E-state index is 0.489. The molecule has 2 rings (SSSR count). The number of aromatic nitrogens is 2. The molecule has 1 aromatic heterocycles. The molecule has 0 aromatic carbocycles. The van der Waals surface area contributed by atoms with Crippen LogP contribution in [0.5, 0.6) is 0 Å². The van der Waals surface area contributed by atoms with Gasteiger partial charge in [0.2, 0.25) is 0 Å². The van der Waals surface area contributed by atoms with Gasteiger partial charge in [0, 0.05) is 6.04 Å². The molecule has 0 radical (unpaired) electrons. The molecule has 0 saturated heterocycles. The van der Waals surface area contributed by atoms with Crippen LogP contribution in [0.15, 0.2) is 12.5 Å². The highest BCUT2D eigenvalue weighted by atomic mass is 16.1. The lowest BCUT2D eigenvalue weighted by molar-refractivity contribution is 0.111. The number of carbonyl (C=O) groups excluding carboxylic acids is 1. The minimum Gasteiger partial charge on any atom is -0.325 e. The van der Waals surface area contributed by atoms with Crippen LogP contribution in [0, 0.1) is 5.92 Å². The number of aldehydes is 1. The van der Waals surface area contributed by atoms with Gasteiger partial charge in [-0.1, -0.05) is 13.3 Å². The Morgan fingerprint density at radius 2 is 2.46 bits per heavy atom. The molecule has 0 aliphatic heterocycles. The van der Waals surface area contributed by atoms with Crippen molar-refractivity contribution in [3.8, 4) is 0 Å². The Hall–Kier alpha value is -1.12. The number of carbonyl (C=O) groups is 1. The third-order valence-corrected chi connectivity index (χ3v) is 2.99. The lowest BCUT2D eigenvalue weighted by Crippen LogP contribution is -2.12. The summed E-state index contributed by atoms with van der Waals surface area (Å²) < 4.78 is 2.02. The van der Waals surface area contributed by atoms with Crippen LogP contribution in [0.3, 0.4) is 0 Å². The van der Waals surface area contributed by atoms with Crippen LogP contribution in [0.25, 0.3) is 0 Å². The molecule has 1 heterocycles. The van der Waals surface area contributed by atoms with Crippen molar-refractivity contribution in [2.75, 3.05) is 0 Å². The van der Waals surface area contributed by atoms with Gasteiger partial charge in [0.1, 0.15) is 5.69 Å². The average Bonchev–Trinajstić information content (AvgIpc) is 2.71. The Bertz CT molecular complexity index is 306. The molecule has 3 heteroatoms. The second kappa shape index (κ2) is 3.32. The first kappa shape index (κ1) is 8.48. The first-order chi connectivity index (χ1) is 6.33. The zero-order valence-corrected chi connectivity index (χ0v) is 7.81. The summed E-state index contributed by atoms with van der Waals surface area (Å²) in [5.41, 5.74) is 0.707. The monoisotopic (exact) mass is 178 g/mol. The van der Waals surface area contributed by atoms with Gasteiger partial charge in [-0.3, -0.25) is 4.79 Å². The number of rotatable bonds is 2. The average molecular weight is 178 g/mol. The van der Waals surface area contributed by atoms with Crippen molar-refractivity contribution < 1.29 is 4.79 Å². The number of nitrogens with zero attached hydrogens (tertiary/aromatic N) is 2. The smallest absolute Gasteiger partial charge is 0.168 e. The Balaban J connectivity index is 2.28. The van der Waals surface area contributed by atoms with E-state index in [2.05, 4.69) is 11.9 Å². The van der Waals surface area contributed by atoms with E-state index >= 15 is 0 Å². The van der Waals surface area contributed by atoms with Gasteiger partial charge in [-0.25, -0.2) is 4.98 Å². The summed E-state index contributed by atoms with van der Waals surface area (Å²) >= 11 is 0. The van der Waals surface area contributed by atoms with Crippen LogP contribution in [0.1, 0.15) is 42.7 Å². The van der Waals surface area contributed by atoms with Gasteiger partial charge in [-0.15, -0.1) is 0 Å². The summed E-state index contributed by atoms with van der Waals surface area (Å²) in [7, 11) is 0. The predicted molar refractivity (Wildman–Crippen MR) is 49.7 cm³/mol. The molecule has 1 aliphatic rings. The first-order valence-corrected chi connectivity index (χ1v) is 4.80. The van der Waals surface area contributed by atoms with E-state index in [0.717, 1.165) is 6.29 Å². The fraction of sp³-hybridized carbons (Fsp3) is 0.600. The largest absolute Gasteiger partial charge is 0.325 e. The molecule has 0 amide bonds. The molecule has 1 fully saturated rings. The van der Waals surface area contributed by atoms with Gasteiger partial charge < -0.3 is 4.57 Å². The van der Waals surface area contributed by atoms with E-state index in [1.807, 2.05) is 4.57 Å². The summed E-state index contributed by atoms with van der Waals surface area (Å²) in [6.07, 6.45) is 8.01. The van der Waals surface area contributed by atoms with Crippen LogP contribution in [-0.4, -0.2) is 15.8 Å². The van der Waals surface area contributed by atoms with Crippen molar-refractivity contribution in [3.63, 3.8) is 0 Å². The van der Waals surface area contributed by atoms with Crippen molar-refractivity contribution in [3.05, 3.63) is 18.2 Å². The third-order valence-electron chi connectivity index (χ3n) is 2.99. The molecule has 0 N–H and O–H groups in total. The zero-order valence-electron chi connectivity index (χ0n) is 7.81. The highest BCUT2D eigenvalue weighted by molar-refractivity contribution is 5.71. The van der Waals surface area contributed by atoms with Crippen LogP contribution in [0.4, 0.5) is 0 Å². The van der Waals surface area contributed by atoms with E-state index in [1.54, 1.807) is 12.5 Å². The van der Waals surface area contributed by atoms with E-state index in [1.165, 1.54) is 19.3 Å². The zero-order chi connectivity index (χ0) is 9.26. The molecular weight excluding hydrogens is 164 g/mol. The van der Waals surface area contributed by atoms with E-state index in [9.17, 15) is 4.79 Å². The van der Waals surface area contributed by atoms with E-state index in [0.29, 0.717) is 17.7 Å². The minimum atomic E-state index is 0.489. The van der Waals surface area contributed by atoms with Gasteiger partial charge in [0.05, 0.1) is 12.5 Å². The molecule has 70 valence electrons. The molecule has 13 heavy (non-hydrogen) atoms. The lowest BCUT2D eigenvalue weighted by Gasteiger charge is -2.17. The van der Waals surface area contributed by atoms with Crippen LogP contribution in [0.2, 0.25) is 0 Å². The molecular formula is C10H14N2O. The molecule has 1 aliphatic carbocycles. The standard InChI is InChI=1S/C10H14N2O/c1-8-3-2-4-10(8)12-7-11-5-9(12)6-13/h5-8,10H,2-4H2,1H3.